The Hall–Kier alpha value is -3.89. The molecule has 0 bridgehead atoms. The van der Waals surface area contributed by atoms with Crippen LogP contribution in [0.15, 0.2) is 28.9 Å². The number of nitrogens with zero attached hydrogens (tertiary/aromatic N) is 5. The van der Waals surface area contributed by atoms with Crippen LogP contribution in [0, 0.1) is 0 Å². The van der Waals surface area contributed by atoms with Crippen LogP contribution in [0.5, 0.6) is 0 Å². The van der Waals surface area contributed by atoms with Crippen LogP contribution in [0.25, 0.3) is 33.4 Å². The number of oxazole rings is 1. The number of hydrogen-bond acceptors (Lipinski definition) is 13. The number of carbonyl (C=O) groups is 1. The summed E-state index contributed by atoms with van der Waals surface area (Å²) in [4.78, 5) is 24.9. The van der Waals surface area contributed by atoms with Gasteiger partial charge in [0.2, 0.25) is 5.91 Å². The number of benzene rings is 1. The first-order valence-corrected chi connectivity index (χ1v) is 13.9. The molecular formula is C27H38N8O7. The van der Waals surface area contributed by atoms with Gasteiger partial charge in [0.1, 0.15) is 23.4 Å². The molecule has 4 aromatic rings. The van der Waals surface area contributed by atoms with Crippen molar-refractivity contribution in [3.05, 3.63) is 24.5 Å². The number of aromatic nitrogens is 5. The van der Waals surface area contributed by atoms with E-state index in [9.17, 15) is 4.79 Å². The molecular weight excluding hydrogens is 548 g/mol. The van der Waals surface area contributed by atoms with Gasteiger partial charge in [-0.2, -0.15) is 10.1 Å². The van der Waals surface area contributed by atoms with Crippen molar-refractivity contribution >= 4 is 39.9 Å². The third kappa shape index (κ3) is 9.06. The minimum atomic E-state index is -0.0658. The average molecular weight is 587 g/mol. The van der Waals surface area contributed by atoms with Crippen LogP contribution in [-0.2, 0) is 30.3 Å². The molecule has 4 rings (SSSR count). The molecule has 6 N–H and O–H groups in total. The molecule has 0 saturated heterocycles. The van der Waals surface area contributed by atoms with E-state index in [1.54, 1.807) is 6.07 Å². The minimum Gasteiger partial charge on any atom is -0.424 e. The summed E-state index contributed by atoms with van der Waals surface area (Å²) in [5.41, 5.74) is 15.2. The molecule has 0 saturated carbocycles. The monoisotopic (exact) mass is 586 g/mol. The first-order valence-electron chi connectivity index (χ1n) is 13.9. The van der Waals surface area contributed by atoms with Crippen LogP contribution in [0.1, 0.15) is 19.3 Å². The van der Waals surface area contributed by atoms with E-state index >= 15 is 0 Å². The van der Waals surface area contributed by atoms with E-state index in [2.05, 4.69) is 20.3 Å². The Balaban J connectivity index is 1.11. The molecule has 1 aromatic carbocycles. The number of nitrogens with one attached hydrogen (secondary N) is 1. The van der Waals surface area contributed by atoms with Crippen molar-refractivity contribution in [3.63, 3.8) is 0 Å². The molecule has 0 aliphatic carbocycles. The summed E-state index contributed by atoms with van der Waals surface area (Å²) >= 11 is 0. The van der Waals surface area contributed by atoms with Crippen LogP contribution in [0.4, 0.5) is 11.8 Å². The maximum atomic E-state index is 12.1. The van der Waals surface area contributed by atoms with Crippen molar-refractivity contribution in [2.75, 3.05) is 77.5 Å². The predicted molar refractivity (Wildman–Crippen MR) is 154 cm³/mol. The highest BCUT2D eigenvalue weighted by Gasteiger charge is 2.18. The van der Waals surface area contributed by atoms with Gasteiger partial charge in [0, 0.05) is 25.1 Å². The van der Waals surface area contributed by atoms with Gasteiger partial charge in [0.25, 0.3) is 6.01 Å². The second-order valence-electron chi connectivity index (χ2n) is 9.24. The summed E-state index contributed by atoms with van der Waals surface area (Å²) in [6.07, 6.45) is 3.23. The Labute approximate surface area is 242 Å². The van der Waals surface area contributed by atoms with Crippen LogP contribution in [0.3, 0.4) is 0 Å². The fourth-order valence-corrected chi connectivity index (χ4v) is 4.17. The van der Waals surface area contributed by atoms with Crippen molar-refractivity contribution in [2.45, 2.75) is 25.8 Å². The number of ether oxygens (including phenoxy) is 4. The van der Waals surface area contributed by atoms with Crippen molar-refractivity contribution in [2.24, 2.45) is 0 Å². The number of anilines is 2. The maximum absolute atomic E-state index is 12.1. The maximum Gasteiger partial charge on any atom is 0.292 e. The summed E-state index contributed by atoms with van der Waals surface area (Å²) in [5.74, 6) is 0.275. The largest absolute Gasteiger partial charge is 0.424 e. The lowest BCUT2D eigenvalue weighted by Crippen LogP contribution is -2.26. The Morgan fingerprint density at radius 1 is 0.952 bits per heavy atom. The molecule has 1 amide bonds. The highest BCUT2D eigenvalue weighted by molar-refractivity contribution is 5.99. The molecule has 0 aliphatic heterocycles. The van der Waals surface area contributed by atoms with Gasteiger partial charge in [-0.15, -0.1) is 0 Å². The van der Waals surface area contributed by atoms with Gasteiger partial charge >= 0.3 is 0 Å². The molecule has 0 fully saturated rings. The van der Waals surface area contributed by atoms with Gasteiger partial charge < -0.3 is 45.3 Å². The van der Waals surface area contributed by atoms with Crippen LogP contribution in [-0.4, -0.2) is 102 Å². The SMILES string of the molecule is Nc1nc2cc(-c3nn(CCCCNC(=O)CCOCCOCCOCCOCCO)c4ncnc(N)c34)ccc2o1. The van der Waals surface area contributed by atoms with Crippen molar-refractivity contribution in [3.8, 4) is 11.3 Å². The molecule has 15 heteroatoms. The van der Waals surface area contributed by atoms with E-state index in [0.29, 0.717) is 99.6 Å². The first kappa shape index (κ1) is 31.1. The third-order valence-electron chi connectivity index (χ3n) is 6.18. The van der Waals surface area contributed by atoms with Crippen molar-refractivity contribution < 1.29 is 33.3 Å². The fourth-order valence-electron chi connectivity index (χ4n) is 4.17. The highest BCUT2D eigenvalue weighted by atomic mass is 16.6. The van der Waals surface area contributed by atoms with Crippen molar-refractivity contribution in [1.29, 1.82) is 0 Å². The lowest BCUT2D eigenvalue weighted by Gasteiger charge is -2.08. The fraction of sp³-hybridized carbons (Fsp3) is 0.519. The van der Waals surface area contributed by atoms with E-state index in [4.69, 9.17) is 45.0 Å². The standard InChI is InChI=1S/C27H38N8O7/c28-25-23-24(19-3-4-21-20(17-19)33-27(29)42-21)34-35(26(23)32-18-31-25)7-2-1-6-30-22(37)5-9-38-11-13-40-15-16-41-14-12-39-10-8-36/h3-4,17-18,36H,1-2,5-16H2,(H2,29,33)(H,30,37)(H2,28,31,32). The molecule has 0 radical (unpaired) electrons. The van der Waals surface area contributed by atoms with Crippen LogP contribution >= 0.6 is 0 Å². The number of aryl methyl sites for hydroxylation is 1. The van der Waals surface area contributed by atoms with E-state index in [0.717, 1.165) is 18.4 Å². The van der Waals surface area contributed by atoms with E-state index < -0.39 is 0 Å². The number of amides is 1. The number of unbranched alkanes of at least 4 members (excludes halogenated alkanes) is 1. The van der Waals surface area contributed by atoms with Gasteiger partial charge in [0.15, 0.2) is 11.2 Å². The van der Waals surface area contributed by atoms with Crippen LogP contribution in [0.2, 0.25) is 0 Å². The zero-order valence-electron chi connectivity index (χ0n) is 23.5. The van der Waals surface area contributed by atoms with Gasteiger partial charge in [-0.3, -0.25) is 4.79 Å². The number of nitrogens with two attached hydrogens (primary N) is 2. The van der Waals surface area contributed by atoms with Gasteiger partial charge in [-0.25, -0.2) is 14.6 Å². The lowest BCUT2D eigenvalue weighted by molar-refractivity contribution is -0.122. The second kappa shape index (κ2) is 16.5. The number of carbonyl (C=O) groups excluding carboxylic acids is 1. The van der Waals surface area contributed by atoms with E-state index in [1.165, 1.54) is 6.33 Å². The zero-order valence-corrected chi connectivity index (χ0v) is 23.5. The summed E-state index contributed by atoms with van der Waals surface area (Å²) in [6, 6.07) is 5.60. The normalized spacial score (nSPS) is 11.5. The van der Waals surface area contributed by atoms with Gasteiger partial charge in [-0.05, 0) is 31.0 Å². The molecule has 228 valence electrons. The molecule has 0 unspecified atom stereocenters. The second-order valence-corrected chi connectivity index (χ2v) is 9.24. The molecule has 3 heterocycles. The van der Waals surface area contributed by atoms with Gasteiger partial charge in [-0.1, -0.05) is 0 Å². The number of hydrogen-bond donors (Lipinski definition) is 4. The first-order chi connectivity index (χ1) is 20.6. The van der Waals surface area contributed by atoms with E-state index in [1.807, 2.05) is 16.8 Å². The Bertz CT molecular complexity index is 1410. The Morgan fingerprint density at radius 3 is 2.40 bits per heavy atom. The third-order valence-corrected chi connectivity index (χ3v) is 6.18. The zero-order chi connectivity index (χ0) is 29.6. The van der Waals surface area contributed by atoms with Crippen molar-refractivity contribution in [1.82, 2.24) is 30.0 Å². The molecule has 0 aliphatic rings. The average Bonchev–Trinajstić information content (AvgIpc) is 3.55. The molecule has 42 heavy (non-hydrogen) atoms. The van der Waals surface area contributed by atoms with Crippen LogP contribution < -0.4 is 16.8 Å². The molecule has 15 nitrogen and oxygen atoms in total. The predicted octanol–water partition coefficient (Wildman–Crippen LogP) is 1.14. The number of nitrogen functional groups attached to an aromatic ring is 2. The summed E-state index contributed by atoms with van der Waals surface area (Å²) in [7, 11) is 0. The smallest absolute Gasteiger partial charge is 0.292 e. The summed E-state index contributed by atoms with van der Waals surface area (Å²) < 4.78 is 28.5. The number of aliphatic hydroxyl groups excluding tert-OH is 1. The topological polar surface area (TPSA) is 208 Å². The summed E-state index contributed by atoms with van der Waals surface area (Å²) in [5, 5.41) is 17.0. The summed E-state index contributed by atoms with van der Waals surface area (Å²) in [6.45, 7) is 4.42. The molecule has 3 aromatic heterocycles. The Kier molecular flexibility index (Phi) is 12.2. The lowest BCUT2D eigenvalue weighted by atomic mass is 10.1. The highest BCUT2D eigenvalue weighted by Crippen LogP contribution is 2.32. The minimum absolute atomic E-state index is 0.00601. The number of aliphatic hydroxyl groups is 1. The molecule has 0 atom stereocenters. The quantitative estimate of drug-likeness (QED) is 0.107. The van der Waals surface area contributed by atoms with Gasteiger partial charge in [0.05, 0.1) is 64.8 Å². The number of rotatable bonds is 20. The Morgan fingerprint density at radius 2 is 1.67 bits per heavy atom. The molecule has 0 spiro atoms. The van der Waals surface area contributed by atoms with E-state index in [-0.39, 0.29) is 24.9 Å². The number of fused-ring (bicyclic) bond motifs is 2.